The SMILES string of the molecule is C=CC(=O)OCC1CO1.O=C(O)CCC(=O)O. The molecule has 0 spiro atoms. The molecule has 1 atom stereocenters. The van der Waals surface area contributed by atoms with Crippen LogP contribution in [0.4, 0.5) is 0 Å². The molecule has 0 saturated carbocycles. The second-order valence-corrected chi connectivity index (χ2v) is 3.08. The number of hydrogen-bond acceptors (Lipinski definition) is 5. The van der Waals surface area contributed by atoms with Crippen LogP contribution in [-0.2, 0) is 23.9 Å². The first-order chi connectivity index (χ1) is 7.95. The Morgan fingerprint density at radius 1 is 1.29 bits per heavy atom. The Hall–Kier alpha value is -1.89. The number of carbonyl (C=O) groups is 3. The van der Waals surface area contributed by atoms with Crippen LogP contribution in [0.3, 0.4) is 0 Å². The van der Waals surface area contributed by atoms with Gasteiger partial charge in [-0.15, -0.1) is 0 Å². The van der Waals surface area contributed by atoms with Crippen molar-refractivity contribution in [2.45, 2.75) is 18.9 Å². The maximum Gasteiger partial charge on any atom is 0.330 e. The van der Waals surface area contributed by atoms with Crippen LogP contribution in [0.15, 0.2) is 12.7 Å². The standard InChI is InChI=1S/C6H8O3.C4H6O4/c1-2-6(7)9-4-5-3-8-5;5-3(6)1-2-4(7)8/h2,5H,1,3-4H2;1-2H2,(H,5,6)(H,7,8). The molecule has 1 saturated heterocycles. The Balaban J connectivity index is 0.000000304. The third-order valence-electron chi connectivity index (χ3n) is 1.53. The van der Waals surface area contributed by atoms with E-state index in [1.165, 1.54) is 0 Å². The summed E-state index contributed by atoms with van der Waals surface area (Å²) >= 11 is 0. The summed E-state index contributed by atoms with van der Waals surface area (Å²) in [6.45, 7) is 4.32. The summed E-state index contributed by atoms with van der Waals surface area (Å²) in [6.07, 6.45) is 0.696. The Kier molecular flexibility index (Phi) is 7.36. The summed E-state index contributed by atoms with van der Waals surface area (Å²) in [4.78, 5) is 29.6. The first-order valence-electron chi connectivity index (χ1n) is 4.80. The van der Waals surface area contributed by atoms with E-state index in [0.717, 1.165) is 6.08 Å². The van der Waals surface area contributed by atoms with Crippen molar-refractivity contribution in [1.82, 2.24) is 0 Å². The predicted molar refractivity (Wildman–Crippen MR) is 55.4 cm³/mol. The number of rotatable bonds is 6. The van der Waals surface area contributed by atoms with Crippen molar-refractivity contribution in [2.75, 3.05) is 13.2 Å². The van der Waals surface area contributed by atoms with Gasteiger partial charge >= 0.3 is 17.9 Å². The lowest BCUT2D eigenvalue weighted by Crippen LogP contribution is -2.06. The van der Waals surface area contributed by atoms with Crippen molar-refractivity contribution in [2.24, 2.45) is 0 Å². The average Bonchev–Trinajstić information content (AvgIpc) is 3.07. The average molecular weight is 246 g/mol. The molecule has 0 aromatic carbocycles. The Labute approximate surface area is 97.6 Å². The van der Waals surface area contributed by atoms with E-state index >= 15 is 0 Å². The molecule has 0 radical (unpaired) electrons. The molecule has 1 rings (SSSR count). The Morgan fingerprint density at radius 2 is 1.76 bits per heavy atom. The minimum absolute atomic E-state index is 0.147. The highest BCUT2D eigenvalue weighted by Crippen LogP contribution is 2.08. The van der Waals surface area contributed by atoms with E-state index in [9.17, 15) is 14.4 Å². The molecule has 1 fully saturated rings. The maximum absolute atomic E-state index is 10.3. The van der Waals surface area contributed by atoms with Gasteiger partial charge in [-0.1, -0.05) is 6.58 Å². The van der Waals surface area contributed by atoms with Crippen molar-refractivity contribution < 1.29 is 34.1 Å². The van der Waals surface area contributed by atoms with E-state index in [4.69, 9.17) is 14.9 Å². The third kappa shape index (κ3) is 12.0. The van der Waals surface area contributed by atoms with Crippen molar-refractivity contribution in [3.8, 4) is 0 Å². The van der Waals surface area contributed by atoms with E-state index in [1.54, 1.807) is 0 Å². The first-order valence-corrected chi connectivity index (χ1v) is 4.80. The first kappa shape index (κ1) is 15.1. The number of ether oxygens (including phenoxy) is 2. The van der Waals surface area contributed by atoms with Crippen LogP contribution in [0.2, 0.25) is 0 Å². The van der Waals surface area contributed by atoms with Crippen LogP contribution >= 0.6 is 0 Å². The molecule has 2 N–H and O–H groups in total. The lowest BCUT2D eigenvalue weighted by molar-refractivity contribution is -0.143. The number of carboxylic acids is 2. The molecule has 1 unspecified atom stereocenters. The van der Waals surface area contributed by atoms with Gasteiger partial charge in [0.05, 0.1) is 19.4 Å². The van der Waals surface area contributed by atoms with Gasteiger partial charge in [-0.2, -0.15) is 0 Å². The maximum atomic E-state index is 10.3. The van der Waals surface area contributed by atoms with Gasteiger partial charge in [0.2, 0.25) is 0 Å². The van der Waals surface area contributed by atoms with Gasteiger partial charge in [-0.3, -0.25) is 9.59 Å². The monoisotopic (exact) mass is 246 g/mol. The van der Waals surface area contributed by atoms with E-state index in [2.05, 4.69) is 11.3 Å². The highest BCUT2D eigenvalue weighted by Gasteiger charge is 2.23. The molecule has 7 nitrogen and oxygen atoms in total. The zero-order valence-corrected chi connectivity index (χ0v) is 9.13. The minimum atomic E-state index is -1.08. The normalized spacial score (nSPS) is 16.1. The molecule has 1 aliphatic rings. The Morgan fingerprint density at radius 3 is 2.06 bits per heavy atom. The molecular formula is C10H14O7. The van der Waals surface area contributed by atoms with E-state index in [-0.39, 0.29) is 24.9 Å². The van der Waals surface area contributed by atoms with E-state index < -0.39 is 11.9 Å². The summed E-state index contributed by atoms with van der Waals surface area (Å²) in [5, 5.41) is 15.8. The number of aliphatic carboxylic acids is 2. The molecule has 0 aromatic rings. The number of epoxide rings is 1. The number of hydrogen-bond donors (Lipinski definition) is 2. The molecule has 0 aliphatic carbocycles. The van der Waals surface area contributed by atoms with Gasteiger partial charge in [0.25, 0.3) is 0 Å². The van der Waals surface area contributed by atoms with E-state index in [1.807, 2.05) is 0 Å². The fraction of sp³-hybridized carbons (Fsp3) is 0.500. The van der Waals surface area contributed by atoms with Crippen LogP contribution in [0, 0.1) is 0 Å². The van der Waals surface area contributed by atoms with Crippen LogP contribution in [0.1, 0.15) is 12.8 Å². The molecule has 0 aromatic heterocycles. The molecule has 0 amide bonds. The smallest absolute Gasteiger partial charge is 0.330 e. The molecule has 7 heteroatoms. The van der Waals surface area contributed by atoms with Gasteiger partial charge in [0.15, 0.2) is 0 Å². The summed E-state index contributed by atoms with van der Waals surface area (Å²) in [6, 6.07) is 0. The van der Waals surface area contributed by atoms with Crippen LogP contribution in [0.25, 0.3) is 0 Å². The van der Waals surface area contributed by atoms with Gasteiger partial charge in [0, 0.05) is 6.08 Å². The van der Waals surface area contributed by atoms with Crippen LogP contribution < -0.4 is 0 Å². The van der Waals surface area contributed by atoms with Gasteiger partial charge < -0.3 is 19.7 Å². The predicted octanol–water partition coefficient (Wildman–Crippen LogP) is 0.0502. The molecular weight excluding hydrogens is 232 g/mol. The van der Waals surface area contributed by atoms with E-state index in [0.29, 0.717) is 13.2 Å². The molecule has 96 valence electrons. The topological polar surface area (TPSA) is 113 Å². The summed E-state index contributed by atoms with van der Waals surface area (Å²) in [5.41, 5.74) is 0. The minimum Gasteiger partial charge on any atom is -0.481 e. The molecule has 17 heavy (non-hydrogen) atoms. The van der Waals surface area contributed by atoms with Gasteiger partial charge in [-0.05, 0) is 0 Å². The Bertz CT molecular complexity index is 279. The largest absolute Gasteiger partial charge is 0.481 e. The molecule has 1 aliphatic heterocycles. The quantitative estimate of drug-likeness (QED) is 0.386. The van der Waals surface area contributed by atoms with Gasteiger partial charge in [0.1, 0.15) is 12.7 Å². The zero-order valence-electron chi connectivity index (χ0n) is 9.13. The van der Waals surface area contributed by atoms with Crippen LogP contribution in [0.5, 0.6) is 0 Å². The molecule has 0 bridgehead atoms. The number of carboxylic acid groups (broad SMARTS) is 2. The van der Waals surface area contributed by atoms with Crippen molar-refractivity contribution in [3.63, 3.8) is 0 Å². The van der Waals surface area contributed by atoms with Crippen LogP contribution in [-0.4, -0.2) is 47.4 Å². The summed E-state index contributed by atoms with van der Waals surface area (Å²) in [5.74, 6) is -2.54. The number of esters is 1. The van der Waals surface area contributed by atoms with Crippen molar-refractivity contribution in [3.05, 3.63) is 12.7 Å². The number of carbonyl (C=O) groups excluding carboxylic acids is 1. The summed E-state index contributed by atoms with van der Waals surface area (Å²) in [7, 11) is 0. The van der Waals surface area contributed by atoms with Crippen molar-refractivity contribution in [1.29, 1.82) is 0 Å². The third-order valence-corrected chi connectivity index (χ3v) is 1.53. The lowest BCUT2D eigenvalue weighted by Gasteiger charge is -1.94. The second-order valence-electron chi connectivity index (χ2n) is 3.08. The highest BCUT2D eigenvalue weighted by atomic mass is 16.6. The summed E-state index contributed by atoms with van der Waals surface area (Å²) < 4.78 is 9.42. The lowest BCUT2D eigenvalue weighted by atomic mass is 10.3. The molecule has 1 heterocycles. The van der Waals surface area contributed by atoms with Gasteiger partial charge in [-0.25, -0.2) is 4.79 Å². The van der Waals surface area contributed by atoms with Crippen molar-refractivity contribution >= 4 is 17.9 Å². The second kappa shape index (κ2) is 8.28. The zero-order chi connectivity index (χ0) is 13.3. The highest BCUT2D eigenvalue weighted by molar-refractivity contribution is 5.81. The fourth-order valence-corrected chi connectivity index (χ4v) is 0.612. The fourth-order valence-electron chi connectivity index (χ4n) is 0.612.